The van der Waals surface area contributed by atoms with Crippen LogP contribution in [-0.4, -0.2) is 22.8 Å². The zero-order valence-electron chi connectivity index (χ0n) is 8.69. The van der Waals surface area contributed by atoms with Gasteiger partial charge in [-0.1, -0.05) is 11.6 Å². The van der Waals surface area contributed by atoms with Gasteiger partial charge in [-0.25, -0.2) is 8.42 Å². The van der Waals surface area contributed by atoms with Crippen LogP contribution in [0.15, 0.2) is 17.0 Å². The molecule has 0 spiro atoms. The molecule has 0 unspecified atom stereocenters. The fraction of sp³-hybridized carbons (Fsp3) is 0. The van der Waals surface area contributed by atoms with E-state index >= 15 is 0 Å². The molecule has 0 bridgehead atoms. The van der Waals surface area contributed by atoms with E-state index in [2.05, 4.69) is 0 Å². The maximum absolute atomic E-state index is 10.8. The Hall–Kier alpha value is -0.144. The monoisotopic (exact) mass is 320 g/mol. The molecule has 92 valence electrons. The number of rotatable bonds is 3. The summed E-state index contributed by atoms with van der Waals surface area (Å²) in [4.78, 5) is 17.3. The first kappa shape index (κ1) is 17.9. The zero-order chi connectivity index (χ0) is 13.4. The molecule has 0 aliphatic carbocycles. The van der Waals surface area contributed by atoms with Crippen molar-refractivity contribution in [2.24, 2.45) is 0 Å². The summed E-state index contributed by atoms with van der Waals surface area (Å²) in [6.45, 7) is 0. The average molecular weight is 321 g/mol. The molecule has 0 saturated heterocycles. The quantitative estimate of drug-likeness (QED) is 0.273. The van der Waals surface area contributed by atoms with Gasteiger partial charge in [-0.05, 0) is 0 Å². The molecule has 0 N–H and O–H groups in total. The van der Waals surface area contributed by atoms with E-state index in [-0.39, 0.29) is 51.4 Å². The second kappa shape index (κ2) is 6.34. The van der Waals surface area contributed by atoms with E-state index in [1.54, 1.807) is 0 Å². The minimum Gasteiger partial charge on any atom is -0.744 e. The van der Waals surface area contributed by atoms with Gasteiger partial charge in [0.2, 0.25) is 0 Å². The number of nitro groups is 2. The summed E-state index contributed by atoms with van der Waals surface area (Å²) >= 11 is 5.31. The Morgan fingerprint density at radius 2 is 1.44 bits per heavy atom. The molecule has 9 nitrogen and oxygen atoms in total. The summed E-state index contributed by atoms with van der Waals surface area (Å²) < 4.78 is 32.4. The van der Waals surface area contributed by atoms with Gasteiger partial charge in [-0.15, -0.1) is 0 Å². The zero-order valence-corrected chi connectivity index (χ0v) is 13.4. The van der Waals surface area contributed by atoms with Gasteiger partial charge in [0, 0.05) is 12.1 Å². The summed E-state index contributed by atoms with van der Waals surface area (Å²) in [7, 11) is -5.29. The molecule has 18 heavy (non-hydrogen) atoms. The summed E-state index contributed by atoms with van der Waals surface area (Å²) in [6.07, 6.45) is 0. The Balaban J connectivity index is 0.00000289. The van der Waals surface area contributed by atoms with E-state index in [1.165, 1.54) is 0 Å². The Morgan fingerprint density at radius 3 is 1.78 bits per heavy atom. The van der Waals surface area contributed by atoms with Gasteiger partial charge in [0.25, 0.3) is 11.4 Å². The normalized spacial score (nSPS) is 10.6. The second-order valence-corrected chi connectivity index (χ2v) is 4.41. The van der Waals surface area contributed by atoms with Crippen molar-refractivity contribution < 1.29 is 74.2 Å². The summed E-state index contributed by atoms with van der Waals surface area (Å²) in [5.74, 6) is 0. The van der Waals surface area contributed by atoms with Crippen molar-refractivity contribution in [2.45, 2.75) is 4.90 Å². The smallest absolute Gasteiger partial charge is 0.744 e. The van der Waals surface area contributed by atoms with Gasteiger partial charge in [0.05, 0.1) is 9.85 Å². The molecule has 0 saturated carbocycles. The van der Waals surface area contributed by atoms with Crippen molar-refractivity contribution in [3.63, 3.8) is 0 Å². The number of halogens is 1. The molecule has 0 aromatic heterocycles. The fourth-order valence-electron chi connectivity index (χ4n) is 1.06. The first-order valence-electron chi connectivity index (χ1n) is 3.73. The Labute approximate surface area is 148 Å². The molecule has 1 aromatic carbocycles. The van der Waals surface area contributed by atoms with Gasteiger partial charge < -0.3 is 4.55 Å². The largest absolute Gasteiger partial charge is 1.00 e. The molecule has 0 amide bonds. The molecule has 0 heterocycles. The van der Waals surface area contributed by atoms with Crippen LogP contribution in [0.4, 0.5) is 11.4 Å². The predicted molar refractivity (Wildman–Crippen MR) is 52.7 cm³/mol. The van der Waals surface area contributed by atoms with Gasteiger partial charge in [0.15, 0.2) is 4.90 Å². The van der Waals surface area contributed by atoms with Crippen molar-refractivity contribution in [1.29, 1.82) is 0 Å². The molecule has 0 aliphatic heterocycles. The molecule has 12 heteroatoms. The number of nitro benzene ring substituents is 2. The van der Waals surface area contributed by atoms with Crippen LogP contribution in [0.25, 0.3) is 0 Å². The SMILES string of the molecule is O=[N+]([O-])c1ccc([N+](=O)[O-])c(S(=O)(=O)[O-])c1Cl.[K+]. The Morgan fingerprint density at radius 1 is 1.06 bits per heavy atom. The molecule has 1 aromatic rings. The van der Waals surface area contributed by atoms with Crippen LogP contribution in [0.2, 0.25) is 5.02 Å². The number of hydrogen-bond donors (Lipinski definition) is 0. The summed E-state index contributed by atoms with van der Waals surface area (Å²) in [6, 6.07) is 1.18. The van der Waals surface area contributed by atoms with Gasteiger partial charge in [-0.2, -0.15) is 0 Å². The maximum Gasteiger partial charge on any atom is 1.00 e. The van der Waals surface area contributed by atoms with Crippen molar-refractivity contribution in [2.75, 3.05) is 0 Å². The number of nitrogens with zero attached hydrogens (tertiary/aromatic N) is 2. The Kier molecular flexibility index (Phi) is 6.29. The minimum atomic E-state index is -5.29. The van der Waals surface area contributed by atoms with Crippen LogP contribution in [-0.2, 0) is 10.1 Å². The van der Waals surface area contributed by atoms with Crippen LogP contribution in [0, 0.1) is 20.2 Å². The molecule has 1 rings (SSSR count). The molecule has 0 atom stereocenters. The molecule has 0 radical (unpaired) electrons. The summed E-state index contributed by atoms with van der Waals surface area (Å²) in [5, 5.41) is 19.8. The first-order valence-corrected chi connectivity index (χ1v) is 5.52. The maximum atomic E-state index is 10.8. The van der Waals surface area contributed by atoms with E-state index in [4.69, 9.17) is 11.6 Å². The average Bonchev–Trinajstić information content (AvgIpc) is 2.14. The van der Waals surface area contributed by atoms with Gasteiger partial charge >= 0.3 is 51.4 Å². The van der Waals surface area contributed by atoms with E-state index in [0.717, 1.165) is 0 Å². The van der Waals surface area contributed by atoms with Gasteiger partial charge in [0.1, 0.15) is 15.1 Å². The predicted octanol–water partition coefficient (Wildman–Crippen LogP) is -1.94. The topological polar surface area (TPSA) is 143 Å². The van der Waals surface area contributed by atoms with Crippen LogP contribution in [0.3, 0.4) is 0 Å². The third-order valence-electron chi connectivity index (χ3n) is 1.70. The van der Waals surface area contributed by atoms with Crippen LogP contribution in [0.5, 0.6) is 0 Å². The molecule has 0 fully saturated rings. The van der Waals surface area contributed by atoms with Crippen molar-refractivity contribution in [1.82, 2.24) is 0 Å². The van der Waals surface area contributed by atoms with Crippen LogP contribution >= 0.6 is 11.6 Å². The van der Waals surface area contributed by atoms with Crippen molar-refractivity contribution >= 4 is 33.1 Å². The third kappa shape index (κ3) is 3.68. The standard InChI is InChI=1S/C6H3ClN2O7S.K/c7-5-3(8(10)11)1-2-4(9(12)13)6(5)17(14,15)16;/h1-2H,(H,14,15,16);/q;+1/p-1. The summed E-state index contributed by atoms with van der Waals surface area (Å²) in [5.41, 5.74) is -2.00. The Bertz CT molecular complexity index is 617. The number of hydrogen-bond acceptors (Lipinski definition) is 7. The van der Waals surface area contributed by atoms with E-state index < -0.39 is 41.3 Å². The van der Waals surface area contributed by atoms with E-state index in [9.17, 15) is 33.2 Å². The molecule has 0 aliphatic rings. The first-order chi connectivity index (χ1) is 7.66. The number of benzene rings is 1. The van der Waals surface area contributed by atoms with Gasteiger partial charge in [-0.3, -0.25) is 20.2 Å². The van der Waals surface area contributed by atoms with Crippen molar-refractivity contribution in [3.05, 3.63) is 37.4 Å². The fourth-order valence-corrected chi connectivity index (χ4v) is 2.29. The van der Waals surface area contributed by atoms with E-state index in [0.29, 0.717) is 12.1 Å². The van der Waals surface area contributed by atoms with Crippen molar-refractivity contribution in [3.8, 4) is 0 Å². The second-order valence-electron chi connectivity index (χ2n) is 2.72. The molecular weight excluding hydrogens is 319 g/mol. The van der Waals surface area contributed by atoms with E-state index in [1.807, 2.05) is 0 Å². The van der Waals surface area contributed by atoms with Crippen LogP contribution in [0.1, 0.15) is 0 Å². The van der Waals surface area contributed by atoms with Crippen LogP contribution < -0.4 is 51.4 Å². The minimum absolute atomic E-state index is 0. The molecular formula is C6H2ClKN2O7S. The third-order valence-corrected chi connectivity index (χ3v) is 3.11.